The number of rotatable bonds is 4. The zero-order valence-corrected chi connectivity index (χ0v) is 17.0. The average Bonchev–Trinajstić information content (AvgIpc) is 3.22. The van der Waals surface area contributed by atoms with Gasteiger partial charge in [0.05, 0.1) is 11.6 Å². The Bertz CT molecular complexity index is 1350. The van der Waals surface area contributed by atoms with Gasteiger partial charge >= 0.3 is 5.97 Å². The molecule has 0 fully saturated rings. The van der Waals surface area contributed by atoms with Crippen LogP contribution < -0.4 is 19.6 Å². The summed E-state index contributed by atoms with van der Waals surface area (Å²) in [6.45, 7) is 1.31. The first kappa shape index (κ1) is 19.1. The second-order valence-corrected chi connectivity index (χ2v) is 7.51. The van der Waals surface area contributed by atoms with Gasteiger partial charge in [-0.05, 0) is 35.9 Å². The van der Waals surface area contributed by atoms with Crippen LogP contribution in [0.15, 0.2) is 47.3 Å². The Labute approximate surface area is 173 Å². The Morgan fingerprint density at radius 1 is 1.21 bits per heavy atom. The fourth-order valence-corrected chi connectivity index (χ4v) is 3.85. The Morgan fingerprint density at radius 2 is 2.03 bits per heavy atom. The number of thiazole rings is 1. The second-order valence-electron chi connectivity index (χ2n) is 6.06. The molecule has 0 radical (unpaired) electrons. The molecule has 0 aliphatic carbocycles. The molecule has 2 aromatic heterocycles. The number of carbonyl (C=O) groups excluding carboxylic acids is 1. The maximum atomic E-state index is 12.7. The standard InChI is InChI=1S/C20H14ClN3O4S/c1-11(25)28-15-7-6-12(8-16(15)27-2)9-17-19(26)24-20(29-17)22-18(23-24)13-4-3-5-14(21)10-13/h3-10H,1-2H3. The summed E-state index contributed by atoms with van der Waals surface area (Å²) >= 11 is 7.24. The molecule has 0 aliphatic rings. The maximum Gasteiger partial charge on any atom is 0.308 e. The SMILES string of the molecule is COc1cc(C=c2sc3nc(-c4cccc(Cl)c4)nn3c2=O)ccc1OC(C)=O. The van der Waals surface area contributed by atoms with Gasteiger partial charge in [0.2, 0.25) is 4.96 Å². The minimum atomic E-state index is -0.442. The van der Waals surface area contributed by atoms with E-state index in [9.17, 15) is 9.59 Å². The molecular formula is C20H14ClN3O4S. The highest BCUT2D eigenvalue weighted by Gasteiger charge is 2.13. The lowest BCUT2D eigenvalue weighted by molar-refractivity contribution is -0.132. The van der Waals surface area contributed by atoms with Crippen LogP contribution in [0.1, 0.15) is 12.5 Å². The lowest BCUT2D eigenvalue weighted by atomic mass is 10.2. The van der Waals surface area contributed by atoms with Crippen molar-refractivity contribution in [2.24, 2.45) is 0 Å². The molecule has 0 spiro atoms. The minimum absolute atomic E-state index is 0.270. The van der Waals surface area contributed by atoms with Crippen molar-refractivity contribution in [1.82, 2.24) is 14.6 Å². The third-order valence-corrected chi connectivity index (χ3v) is 5.20. The van der Waals surface area contributed by atoms with Crippen LogP contribution in [0.5, 0.6) is 11.5 Å². The first-order valence-electron chi connectivity index (χ1n) is 8.48. The van der Waals surface area contributed by atoms with Crippen LogP contribution in [-0.2, 0) is 4.79 Å². The van der Waals surface area contributed by atoms with E-state index in [4.69, 9.17) is 21.1 Å². The lowest BCUT2D eigenvalue weighted by Gasteiger charge is -2.08. The first-order chi connectivity index (χ1) is 13.9. The highest BCUT2D eigenvalue weighted by molar-refractivity contribution is 7.15. The highest BCUT2D eigenvalue weighted by Crippen LogP contribution is 2.28. The Balaban J connectivity index is 1.74. The number of hydrogen-bond acceptors (Lipinski definition) is 7. The first-order valence-corrected chi connectivity index (χ1v) is 9.68. The van der Waals surface area contributed by atoms with E-state index in [0.29, 0.717) is 31.8 Å². The Morgan fingerprint density at radius 3 is 2.72 bits per heavy atom. The molecule has 0 atom stereocenters. The van der Waals surface area contributed by atoms with Crippen molar-refractivity contribution in [3.63, 3.8) is 0 Å². The average molecular weight is 428 g/mol. The van der Waals surface area contributed by atoms with E-state index < -0.39 is 5.97 Å². The van der Waals surface area contributed by atoms with E-state index in [2.05, 4.69) is 10.1 Å². The van der Waals surface area contributed by atoms with Gasteiger partial charge in [-0.15, -0.1) is 5.10 Å². The van der Waals surface area contributed by atoms with Crippen LogP contribution in [-0.4, -0.2) is 27.7 Å². The van der Waals surface area contributed by atoms with Crippen LogP contribution in [0.4, 0.5) is 0 Å². The number of hydrogen-bond donors (Lipinski definition) is 0. The van der Waals surface area contributed by atoms with Gasteiger partial charge in [-0.25, -0.2) is 0 Å². The monoisotopic (exact) mass is 427 g/mol. The van der Waals surface area contributed by atoms with Gasteiger partial charge in [0.15, 0.2) is 17.3 Å². The summed E-state index contributed by atoms with van der Waals surface area (Å²) in [5.74, 6) is 0.704. The van der Waals surface area contributed by atoms with Crippen molar-refractivity contribution in [3.05, 3.63) is 67.9 Å². The van der Waals surface area contributed by atoms with Crippen LogP contribution >= 0.6 is 22.9 Å². The van der Waals surface area contributed by atoms with Crippen molar-refractivity contribution < 1.29 is 14.3 Å². The molecule has 0 N–H and O–H groups in total. The normalized spacial score (nSPS) is 11.8. The van der Waals surface area contributed by atoms with Gasteiger partial charge in [-0.1, -0.05) is 41.1 Å². The summed E-state index contributed by atoms with van der Waals surface area (Å²) in [6, 6.07) is 12.2. The number of aromatic nitrogens is 3. The number of esters is 1. The van der Waals surface area contributed by atoms with Gasteiger partial charge in [-0.3, -0.25) is 9.59 Å². The number of methoxy groups -OCH3 is 1. The van der Waals surface area contributed by atoms with E-state index in [1.54, 1.807) is 42.5 Å². The zero-order chi connectivity index (χ0) is 20.5. The van der Waals surface area contributed by atoms with Crippen molar-refractivity contribution in [1.29, 1.82) is 0 Å². The Kier molecular flexibility index (Phi) is 5.04. The molecule has 9 heteroatoms. The highest BCUT2D eigenvalue weighted by atomic mass is 35.5. The van der Waals surface area contributed by atoms with Crippen LogP contribution in [0.25, 0.3) is 22.4 Å². The fraction of sp³-hybridized carbons (Fsp3) is 0.100. The molecule has 0 saturated heterocycles. The number of nitrogens with zero attached hydrogens (tertiary/aromatic N) is 3. The molecule has 0 bridgehead atoms. The molecule has 4 aromatic rings. The molecule has 4 rings (SSSR count). The third-order valence-electron chi connectivity index (χ3n) is 4.00. The molecule has 2 aromatic carbocycles. The van der Waals surface area contributed by atoms with E-state index in [1.807, 2.05) is 6.07 Å². The summed E-state index contributed by atoms with van der Waals surface area (Å²) in [4.78, 5) is 28.8. The predicted molar refractivity (Wildman–Crippen MR) is 111 cm³/mol. The molecule has 29 heavy (non-hydrogen) atoms. The van der Waals surface area contributed by atoms with Crippen molar-refractivity contribution in [2.75, 3.05) is 7.11 Å². The molecule has 7 nitrogen and oxygen atoms in total. The summed E-state index contributed by atoms with van der Waals surface area (Å²) in [7, 11) is 1.48. The van der Waals surface area contributed by atoms with Gasteiger partial charge < -0.3 is 9.47 Å². The number of fused-ring (bicyclic) bond motifs is 1. The summed E-state index contributed by atoms with van der Waals surface area (Å²) in [5.41, 5.74) is 1.19. The van der Waals surface area contributed by atoms with Crippen molar-refractivity contribution in [3.8, 4) is 22.9 Å². The quantitative estimate of drug-likeness (QED) is 0.368. The Hall–Kier alpha value is -3.23. The summed E-state index contributed by atoms with van der Waals surface area (Å²) in [5, 5.41) is 4.88. The number of halogens is 1. The van der Waals surface area contributed by atoms with Gasteiger partial charge in [0.25, 0.3) is 5.56 Å². The molecule has 146 valence electrons. The van der Waals surface area contributed by atoms with Crippen LogP contribution in [0, 0.1) is 0 Å². The van der Waals surface area contributed by atoms with Gasteiger partial charge in [0, 0.05) is 17.5 Å². The van der Waals surface area contributed by atoms with Crippen LogP contribution in [0.2, 0.25) is 5.02 Å². The largest absolute Gasteiger partial charge is 0.493 e. The van der Waals surface area contributed by atoms with E-state index >= 15 is 0 Å². The topological polar surface area (TPSA) is 82.8 Å². The van der Waals surface area contributed by atoms with Gasteiger partial charge in [-0.2, -0.15) is 9.50 Å². The fourth-order valence-electron chi connectivity index (χ4n) is 2.75. The zero-order valence-electron chi connectivity index (χ0n) is 15.4. The molecule has 2 heterocycles. The number of carbonyl (C=O) groups is 1. The molecular weight excluding hydrogens is 414 g/mol. The van der Waals surface area contributed by atoms with E-state index in [-0.39, 0.29) is 5.56 Å². The third kappa shape index (κ3) is 3.85. The number of ether oxygens (including phenoxy) is 2. The summed E-state index contributed by atoms with van der Waals surface area (Å²) in [6.07, 6.45) is 1.71. The van der Waals surface area contributed by atoms with Crippen molar-refractivity contribution >= 4 is 39.9 Å². The minimum Gasteiger partial charge on any atom is -0.493 e. The summed E-state index contributed by atoms with van der Waals surface area (Å²) < 4.78 is 12.1. The van der Waals surface area contributed by atoms with Gasteiger partial charge in [0.1, 0.15) is 0 Å². The predicted octanol–water partition coefficient (Wildman–Crippen LogP) is 2.95. The van der Waals surface area contributed by atoms with E-state index in [0.717, 1.165) is 11.1 Å². The second kappa shape index (κ2) is 7.65. The van der Waals surface area contributed by atoms with E-state index in [1.165, 1.54) is 29.9 Å². The molecule has 0 amide bonds. The lowest BCUT2D eigenvalue weighted by Crippen LogP contribution is -2.23. The smallest absolute Gasteiger partial charge is 0.308 e. The molecule has 0 saturated carbocycles. The maximum absolute atomic E-state index is 12.7. The van der Waals surface area contributed by atoms with Crippen LogP contribution in [0.3, 0.4) is 0 Å². The number of benzene rings is 2. The molecule has 0 aliphatic heterocycles. The van der Waals surface area contributed by atoms with Crippen molar-refractivity contribution in [2.45, 2.75) is 6.92 Å². The molecule has 0 unspecified atom stereocenters.